The molecule has 1 amide bonds. The molecule has 1 aromatic heterocycles. The van der Waals surface area contributed by atoms with Gasteiger partial charge in [-0.1, -0.05) is 30.3 Å². The molecule has 4 rings (SSSR count). The van der Waals surface area contributed by atoms with Crippen molar-refractivity contribution in [2.24, 2.45) is 0 Å². The van der Waals surface area contributed by atoms with Gasteiger partial charge in [0.15, 0.2) is 0 Å². The maximum absolute atomic E-state index is 11.7. The highest BCUT2D eigenvalue weighted by Gasteiger charge is 2.19. The molecule has 2 N–H and O–H groups in total. The minimum absolute atomic E-state index is 0.105. The molecule has 27 heavy (non-hydrogen) atoms. The first-order valence-electron chi connectivity index (χ1n) is 9.30. The molecule has 1 aliphatic rings. The molecule has 0 aliphatic carbocycles. The summed E-state index contributed by atoms with van der Waals surface area (Å²) >= 11 is 0. The molecule has 0 bridgehead atoms. The minimum atomic E-state index is 0.105. The average Bonchev–Trinajstić information content (AvgIpc) is 3.08. The van der Waals surface area contributed by atoms with E-state index in [0.29, 0.717) is 13.0 Å². The molecule has 1 atom stereocenters. The van der Waals surface area contributed by atoms with E-state index in [-0.39, 0.29) is 11.9 Å². The molecule has 6 nitrogen and oxygen atoms in total. The number of carbonyl (C=O) groups excluding carboxylic acids is 1. The summed E-state index contributed by atoms with van der Waals surface area (Å²) in [4.78, 5) is 13.3. The van der Waals surface area contributed by atoms with Crippen LogP contribution in [0.2, 0.25) is 0 Å². The monoisotopic (exact) mass is 361 g/mol. The summed E-state index contributed by atoms with van der Waals surface area (Å²) in [6, 6.07) is 18.2. The van der Waals surface area contributed by atoms with E-state index in [1.807, 2.05) is 49.4 Å². The van der Waals surface area contributed by atoms with Gasteiger partial charge in [0.1, 0.15) is 5.69 Å². The number of anilines is 1. The number of amides is 1. The third-order valence-electron chi connectivity index (χ3n) is 4.85. The van der Waals surface area contributed by atoms with Crippen LogP contribution < -0.4 is 10.6 Å². The predicted molar refractivity (Wildman–Crippen MR) is 105 cm³/mol. The topological polar surface area (TPSA) is 71.8 Å². The number of hydrogen-bond donors (Lipinski definition) is 2. The lowest BCUT2D eigenvalue weighted by molar-refractivity contribution is -0.123. The number of aromatic nitrogens is 3. The molecule has 6 heteroatoms. The smallest absolute Gasteiger partial charge is 0.220 e. The summed E-state index contributed by atoms with van der Waals surface area (Å²) in [5.74, 6) is 0.137. The van der Waals surface area contributed by atoms with Crippen molar-refractivity contribution in [2.75, 3.05) is 5.32 Å². The second-order valence-corrected chi connectivity index (χ2v) is 6.85. The summed E-state index contributed by atoms with van der Waals surface area (Å²) in [5.41, 5.74) is 4.91. The van der Waals surface area contributed by atoms with Gasteiger partial charge in [0, 0.05) is 12.1 Å². The number of rotatable bonds is 5. The Bertz CT molecular complexity index is 935. The maximum Gasteiger partial charge on any atom is 0.220 e. The predicted octanol–water partition coefficient (Wildman–Crippen LogP) is 3.53. The molecule has 1 aliphatic heterocycles. The van der Waals surface area contributed by atoms with Crippen LogP contribution in [0.25, 0.3) is 5.69 Å². The SMILES string of the molecule is Cc1nn(-c2ccccc2)nc1CNc1cccc(C2CCCC(=O)N2)c1. The molecule has 2 heterocycles. The van der Waals surface area contributed by atoms with Crippen LogP contribution in [0.1, 0.15) is 42.3 Å². The minimum Gasteiger partial charge on any atom is -0.379 e. The van der Waals surface area contributed by atoms with Gasteiger partial charge in [-0.15, -0.1) is 0 Å². The van der Waals surface area contributed by atoms with Crippen LogP contribution in [0.4, 0.5) is 5.69 Å². The van der Waals surface area contributed by atoms with E-state index in [9.17, 15) is 4.79 Å². The Morgan fingerprint density at radius 1 is 1.15 bits per heavy atom. The van der Waals surface area contributed by atoms with E-state index in [2.05, 4.69) is 33.0 Å². The van der Waals surface area contributed by atoms with Crippen LogP contribution >= 0.6 is 0 Å². The van der Waals surface area contributed by atoms with Crippen molar-refractivity contribution in [3.05, 3.63) is 71.5 Å². The van der Waals surface area contributed by atoms with Gasteiger partial charge in [-0.25, -0.2) is 0 Å². The summed E-state index contributed by atoms with van der Waals surface area (Å²) < 4.78 is 0. The average molecular weight is 361 g/mol. The molecule has 138 valence electrons. The second kappa shape index (κ2) is 7.61. The van der Waals surface area contributed by atoms with Gasteiger partial charge >= 0.3 is 0 Å². The normalized spacial score (nSPS) is 16.8. The second-order valence-electron chi connectivity index (χ2n) is 6.85. The summed E-state index contributed by atoms with van der Waals surface area (Å²) in [6.07, 6.45) is 2.56. The third-order valence-corrected chi connectivity index (χ3v) is 4.85. The van der Waals surface area contributed by atoms with Crippen LogP contribution in [-0.4, -0.2) is 20.9 Å². The summed E-state index contributed by atoms with van der Waals surface area (Å²) in [6.45, 7) is 2.57. The Balaban J connectivity index is 1.45. The fourth-order valence-electron chi connectivity index (χ4n) is 3.36. The lowest BCUT2D eigenvalue weighted by atomic mass is 9.97. The van der Waals surface area contributed by atoms with E-state index in [1.165, 1.54) is 0 Å². The zero-order valence-corrected chi connectivity index (χ0v) is 15.4. The van der Waals surface area contributed by atoms with Crippen LogP contribution in [-0.2, 0) is 11.3 Å². The fourth-order valence-corrected chi connectivity index (χ4v) is 3.36. The number of benzene rings is 2. The van der Waals surface area contributed by atoms with Gasteiger partial charge in [0.2, 0.25) is 5.91 Å². The molecular weight excluding hydrogens is 338 g/mol. The largest absolute Gasteiger partial charge is 0.379 e. The quantitative estimate of drug-likeness (QED) is 0.729. The first kappa shape index (κ1) is 17.3. The van der Waals surface area contributed by atoms with Crippen molar-refractivity contribution in [3.63, 3.8) is 0 Å². The maximum atomic E-state index is 11.7. The number of nitrogens with zero attached hydrogens (tertiary/aromatic N) is 3. The van der Waals surface area contributed by atoms with E-state index < -0.39 is 0 Å². The zero-order valence-electron chi connectivity index (χ0n) is 15.4. The number of para-hydroxylation sites is 1. The Morgan fingerprint density at radius 3 is 2.81 bits per heavy atom. The highest BCUT2D eigenvalue weighted by molar-refractivity contribution is 5.77. The summed E-state index contributed by atoms with van der Waals surface area (Å²) in [7, 11) is 0. The van der Waals surface area contributed by atoms with E-state index in [4.69, 9.17) is 0 Å². The van der Waals surface area contributed by atoms with Gasteiger partial charge in [-0.3, -0.25) is 4.79 Å². The Kier molecular flexibility index (Phi) is 4.87. The van der Waals surface area contributed by atoms with Crippen molar-refractivity contribution in [1.29, 1.82) is 0 Å². The van der Waals surface area contributed by atoms with Gasteiger partial charge in [-0.05, 0) is 49.6 Å². The van der Waals surface area contributed by atoms with Crippen molar-refractivity contribution >= 4 is 11.6 Å². The van der Waals surface area contributed by atoms with Gasteiger partial charge in [0.25, 0.3) is 0 Å². The first-order valence-corrected chi connectivity index (χ1v) is 9.30. The zero-order chi connectivity index (χ0) is 18.6. The number of aryl methyl sites for hydroxylation is 1. The third kappa shape index (κ3) is 4.00. The Hall–Kier alpha value is -3.15. The molecule has 1 saturated heterocycles. The molecule has 2 aromatic carbocycles. The van der Waals surface area contributed by atoms with Crippen LogP contribution in [0.5, 0.6) is 0 Å². The standard InChI is InChI=1S/C21H23N5O/c1-15-20(25-26(24-15)18-9-3-2-4-10-18)14-22-17-8-5-7-16(13-17)19-11-6-12-21(27)23-19/h2-5,7-10,13,19,22H,6,11-12,14H2,1H3,(H,23,27). The molecule has 3 aromatic rings. The Morgan fingerprint density at radius 2 is 2.00 bits per heavy atom. The van der Waals surface area contributed by atoms with Crippen molar-refractivity contribution in [2.45, 2.75) is 38.8 Å². The number of piperidine rings is 1. The molecule has 1 fully saturated rings. The van der Waals surface area contributed by atoms with Crippen LogP contribution in [0.3, 0.4) is 0 Å². The molecule has 0 saturated carbocycles. The molecule has 0 radical (unpaired) electrons. The van der Waals surface area contributed by atoms with Crippen molar-refractivity contribution < 1.29 is 4.79 Å². The Labute approximate surface area is 158 Å². The van der Waals surface area contributed by atoms with E-state index in [1.54, 1.807) is 4.80 Å². The lowest BCUT2D eigenvalue weighted by Crippen LogP contribution is -2.32. The molecule has 1 unspecified atom stereocenters. The van der Waals surface area contributed by atoms with Gasteiger partial charge in [-0.2, -0.15) is 15.0 Å². The molecular formula is C21H23N5O. The van der Waals surface area contributed by atoms with E-state index >= 15 is 0 Å². The van der Waals surface area contributed by atoms with Gasteiger partial charge in [0.05, 0.1) is 24.0 Å². The first-order chi connectivity index (χ1) is 13.2. The van der Waals surface area contributed by atoms with Gasteiger partial charge < -0.3 is 10.6 Å². The highest BCUT2D eigenvalue weighted by atomic mass is 16.1. The lowest BCUT2D eigenvalue weighted by Gasteiger charge is -2.24. The number of nitrogens with one attached hydrogen (secondary N) is 2. The van der Waals surface area contributed by atoms with Crippen LogP contribution in [0.15, 0.2) is 54.6 Å². The van der Waals surface area contributed by atoms with Crippen molar-refractivity contribution in [1.82, 2.24) is 20.3 Å². The fraction of sp³-hybridized carbons (Fsp3) is 0.286. The number of hydrogen-bond acceptors (Lipinski definition) is 4. The number of carbonyl (C=O) groups is 1. The molecule has 0 spiro atoms. The summed E-state index contributed by atoms with van der Waals surface area (Å²) in [5, 5.41) is 15.6. The highest BCUT2D eigenvalue weighted by Crippen LogP contribution is 2.25. The van der Waals surface area contributed by atoms with Crippen molar-refractivity contribution in [3.8, 4) is 5.69 Å². The van der Waals surface area contributed by atoms with E-state index in [0.717, 1.165) is 41.2 Å². The van der Waals surface area contributed by atoms with Crippen LogP contribution in [0, 0.1) is 6.92 Å².